The van der Waals surface area contributed by atoms with Gasteiger partial charge in [0, 0.05) is 18.3 Å². The van der Waals surface area contributed by atoms with Gasteiger partial charge in [-0.1, -0.05) is 48.5 Å². The summed E-state index contributed by atoms with van der Waals surface area (Å²) in [6.45, 7) is -0.342. The third-order valence-electron chi connectivity index (χ3n) is 4.34. The Kier molecular flexibility index (Phi) is 6.07. The molecule has 0 saturated carbocycles. The van der Waals surface area contributed by atoms with Crippen molar-refractivity contribution in [2.24, 2.45) is 0 Å². The van der Waals surface area contributed by atoms with Crippen molar-refractivity contribution in [2.75, 3.05) is 18.9 Å². The monoisotopic (exact) mass is 405 g/mol. The van der Waals surface area contributed by atoms with Crippen molar-refractivity contribution >= 4 is 21.6 Å². The number of anilines is 1. The molecule has 0 aromatic heterocycles. The molecule has 6 nitrogen and oxygen atoms in total. The van der Waals surface area contributed by atoms with Gasteiger partial charge < -0.3 is 5.32 Å². The van der Waals surface area contributed by atoms with Crippen molar-refractivity contribution in [3.8, 4) is 17.2 Å². The van der Waals surface area contributed by atoms with Gasteiger partial charge in [0.15, 0.2) is 0 Å². The molecule has 7 heteroatoms. The molecule has 3 aromatic carbocycles. The summed E-state index contributed by atoms with van der Waals surface area (Å²) in [4.78, 5) is 12.5. The lowest BCUT2D eigenvalue weighted by Crippen LogP contribution is -2.35. The molecule has 1 N–H and O–H groups in total. The number of likely N-dealkylation sites (N-methyl/N-ethyl adjacent to an activating group) is 1. The zero-order valence-electron chi connectivity index (χ0n) is 15.7. The highest BCUT2D eigenvalue weighted by Gasteiger charge is 2.23. The van der Waals surface area contributed by atoms with E-state index in [1.54, 1.807) is 12.1 Å². The van der Waals surface area contributed by atoms with Crippen LogP contribution in [0.25, 0.3) is 11.1 Å². The number of sulfonamides is 1. The number of nitrogens with zero attached hydrogens (tertiary/aromatic N) is 2. The maximum atomic E-state index is 12.7. The molecule has 0 aliphatic carbocycles. The highest BCUT2D eigenvalue weighted by atomic mass is 32.2. The third-order valence-corrected chi connectivity index (χ3v) is 6.16. The summed E-state index contributed by atoms with van der Waals surface area (Å²) >= 11 is 0. The van der Waals surface area contributed by atoms with Crippen molar-refractivity contribution in [1.29, 1.82) is 5.26 Å². The van der Waals surface area contributed by atoms with Crippen molar-refractivity contribution in [2.45, 2.75) is 4.90 Å². The number of carbonyl (C=O) groups is 1. The number of hydrogen-bond acceptors (Lipinski definition) is 4. The van der Waals surface area contributed by atoms with E-state index in [9.17, 15) is 13.2 Å². The highest BCUT2D eigenvalue weighted by molar-refractivity contribution is 7.89. The molecule has 0 spiro atoms. The van der Waals surface area contributed by atoms with Gasteiger partial charge in [-0.15, -0.1) is 0 Å². The Bertz CT molecular complexity index is 1150. The first-order valence-electron chi connectivity index (χ1n) is 8.82. The standard InChI is InChI=1S/C22H19N3O3S/c1-25(29(27,28)19-13-11-17(15-23)12-14-19)16-22(26)24-21-10-6-5-9-20(21)18-7-3-2-4-8-18/h2-14H,16H2,1H3,(H,24,26). The Balaban J connectivity index is 1.75. The largest absolute Gasteiger partial charge is 0.324 e. The number of nitriles is 1. The predicted octanol–water partition coefficient (Wildman–Crippen LogP) is 3.48. The molecule has 0 fully saturated rings. The Morgan fingerprint density at radius 2 is 1.59 bits per heavy atom. The Morgan fingerprint density at radius 1 is 0.966 bits per heavy atom. The van der Waals surface area contributed by atoms with Gasteiger partial charge in [0.2, 0.25) is 15.9 Å². The van der Waals surface area contributed by atoms with Gasteiger partial charge in [-0.2, -0.15) is 9.57 Å². The predicted molar refractivity (Wildman–Crippen MR) is 111 cm³/mol. The van der Waals surface area contributed by atoms with Gasteiger partial charge in [-0.05, 0) is 35.9 Å². The van der Waals surface area contributed by atoms with E-state index in [1.165, 1.54) is 31.3 Å². The molecule has 146 valence electrons. The van der Waals surface area contributed by atoms with Gasteiger partial charge >= 0.3 is 0 Å². The third kappa shape index (κ3) is 4.69. The number of rotatable bonds is 6. The lowest BCUT2D eigenvalue weighted by molar-refractivity contribution is -0.116. The lowest BCUT2D eigenvalue weighted by Gasteiger charge is -2.18. The first-order valence-corrected chi connectivity index (χ1v) is 10.3. The van der Waals surface area contributed by atoms with Crippen LogP contribution in [0.15, 0.2) is 83.8 Å². The highest BCUT2D eigenvalue weighted by Crippen LogP contribution is 2.27. The molecule has 0 saturated heterocycles. The second kappa shape index (κ2) is 8.69. The second-order valence-corrected chi connectivity index (χ2v) is 8.40. The average molecular weight is 405 g/mol. The van der Waals surface area contributed by atoms with E-state index in [0.29, 0.717) is 11.3 Å². The summed E-state index contributed by atoms with van der Waals surface area (Å²) in [6, 6.07) is 24.4. The fraction of sp³-hybridized carbons (Fsp3) is 0.0909. The van der Waals surface area contributed by atoms with Crippen LogP contribution in [0.5, 0.6) is 0 Å². The fourth-order valence-electron chi connectivity index (χ4n) is 2.82. The van der Waals surface area contributed by atoms with E-state index < -0.39 is 15.9 Å². The number of nitrogens with one attached hydrogen (secondary N) is 1. The van der Waals surface area contributed by atoms with Crippen LogP contribution in [0.1, 0.15) is 5.56 Å². The summed E-state index contributed by atoms with van der Waals surface area (Å²) in [5.74, 6) is -0.451. The molecular formula is C22H19N3O3S. The summed E-state index contributed by atoms with van der Waals surface area (Å²) in [7, 11) is -2.51. The van der Waals surface area contributed by atoms with Crippen molar-refractivity contribution in [3.05, 3.63) is 84.4 Å². The normalized spacial score (nSPS) is 11.1. The molecule has 0 radical (unpaired) electrons. The maximum Gasteiger partial charge on any atom is 0.243 e. The average Bonchev–Trinajstić information content (AvgIpc) is 2.74. The Labute approximate surface area is 170 Å². The van der Waals surface area contributed by atoms with Crippen LogP contribution in [0.4, 0.5) is 5.69 Å². The van der Waals surface area contributed by atoms with Crippen molar-refractivity contribution in [1.82, 2.24) is 4.31 Å². The SMILES string of the molecule is CN(CC(=O)Nc1ccccc1-c1ccccc1)S(=O)(=O)c1ccc(C#N)cc1. The smallest absolute Gasteiger partial charge is 0.243 e. The summed E-state index contributed by atoms with van der Waals surface area (Å²) in [5.41, 5.74) is 2.76. The maximum absolute atomic E-state index is 12.7. The van der Waals surface area contributed by atoms with Gasteiger partial charge in [-0.25, -0.2) is 8.42 Å². The molecule has 0 unspecified atom stereocenters. The Morgan fingerprint density at radius 3 is 2.24 bits per heavy atom. The van der Waals surface area contributed by atoms with Gasteiger partial charge in [0.25, 0.3) is 0 Å². The van der Waals surface area contributed by atoms with E-state index in [4.69, 9.17) is 5.26 Å². The molecule has 3 aromatic rings. The van der Waals surface area contributed by atoms with Gasteiger partial charge in [-0.3, -0.25) is 4.79 Å². The topological polar surface area (TPSA) is 90.3 Å². The van der Waals surface area contributed by atoms with Crippen molar-refractivity contribution < 1.29 is 13.2 Å². The van der Waals surface area contributed by atoms with Crippen LogP contribution in [-0.4, -0.2) is 32.2 Å². The number of amides is 1. The second-order valence-electron chi connectivity index (χ2n) is 6.36. The summed E-state index contributed by atoms with van der Waals surface area (Å²) in [5, 5.41) is 11.6. The van der Waals surface area contributed by atoms with E-state index in [2.05, 4.69) is 5.32 Å². The molecule has 3 rings (SSSR count). The zero-order valence-corrected chi connectivity index (χ0v) is 16.6. The van der Waals surface area contributed by atoms with E-state index in [-0.39, 0.29) is 11.4 Å². The minimum Gasteiger partial charge on any atom is -0.324 e. The summed E-state index contributed by atoms with van der Waals surface area (Å²) in [6.07, 6.45) is 0. The first kappa shape index (κ1) is 20.3. The number of hydrogen-bond donors (Lipinski definition) is 1. The number of carbonyl (C=O) groups excluding carboxylic acids is 1. The zero-order chi connectivity index (χ0) is 20.9. The van der Waals surface area contributed by atoms with Crippen LogP contribution in [-0.2, 0) is 14.8 Å². The van der Waals surface area contributed by atoms with Crippen LogP contribution >= 0.6 is 0 Å². The van der Waals surface area contributed by atoms with E-state index in [0.717, 1.165) is 15.4 Å². The number of para-hydroxylation sites is 1. The Hall–Kier alpha value is -3.47. The van der Waals surface area contributed by atoms with Gasteiger partial charge in [0.05, 0.1) is 23.1 Å². The van der Waals surface area contributed by atoms with Crippen LogP contribution in [0.2, 0.25) is 0 Å². The van der Waals surface area contributed by atoms with Gasteiger partial charge in [0.1, 0.15) is 0 Å². The minimum atomic E-state index is -3.85. The minimum absolute atomic E-state index is 0.0245. The molecule has 0 heterocycles. The van der Waals surface area contributed by atoms with Crippen LogP contribution in [0.3, 0.4) is 0 Å². The van der Waals surface area contributed by atoms with E-state index in [1.807, 2.05) is 48.5 Å². The molecule has 0 atom stereocenters. The van der Waals surface area contributed by atoms with Crippen LogP contribution in [0, 0.1) is 11.3 Å². The summed E-state index contributed by atoms with van der Waals surface area (Å²) < 4.78 is 26.3. The molecule has 29 heavy (non-hydrogen) atoms. The van der Waals surface area contributed by atoms with Crippen LogP contribution < -0.4 is 5.32 Å². The first-order chi connectivity index (χ1) is 13.9. The fourth-order valence-corrected chi connectivity index (χ4v) is 3.95. The molecule has 1 amide bonds. The van der Waals surface area contributed by atoms with E-state index >= 15 is 0 Å². The lowest BCUT2D eigenvalue weighted by atomic mass is 10.0. The molecule has 0 aliphatic heterocycles. The quantitative estimate of drug-likeness (QED) is 0.680. The molecular weight excluding hydrogens is 386 g/mol. The number of benzene rings is 3. The molecule has 0 bridgehead atoms. The molecule has 0 aliphatic rings. The van der Waals surface area contributed by atoms with Crippen molar-refractivity contribution in [3.63, 3.8) is 0 Å².